The normalized spacial score (nSPS) is 12.3. The second-order valence-corrected chi connectivity index (χ2v) is 5.03. The zero-order valence-electron chi connectivity index (χ0n) is 10.7. The van der Waals surface area contributed by atoms with Crippen LogP contribution in [0.1, 0.15) is 29.8 Å². The average molecular weight is 268 g/mol. The predicted molar refractivity (Wildman–Crippen MR) is 74.0 cm³/mol. The van der Waals surface area contributed by atoms with Gasteiger partial charge in [0.15, 0.2) is 0 Å². The molecule has 3 nitrogen and oxygen atoms in total. The summed E-state index contributed by atoms with van der Waals surface area (Å²) < 4.78 is 13.4. The molecule has 1 aromatic carbocycles. The van der Waals surface area contributed by atoms with Crippen LogP contribution in [0.15, 0.2) is 18.2 Å². The number of rotatable bonds is 4. The number of hydrogen-bond acceptors (Lipinski definition) is 2. The van der Waals surface area contributed by atoms with Gasteiger partial charge in [-0.1, -0.05) is 32.1 Å². The summed E-state index contributed by atoms with van der Waals surface area (Å²) >= 11 is 4.90. The van der Waals surface area contributed by atoms with Crippen LogP contribution < -0.4 is 11.1 Å². The maximum absolute atomic E-state index is 13.4. The number of nitrogens with one attached hydrogen (secondary N) is 1. The first kappa shape index (κ1) is 14.6. The summed E-state index contributed by atoms with van der Waals surface area (Å²) in [6.45, 7) is 5.45. The molecule has 0 fully saturated rings. The summed E-state index contributed by atoms with van der Waals surface area (Å²) in [6.07, 6.45) is 0. The molecule has 0 saturated carbocycles. The lowest BCUT2D eigenvalue weighted by molar-refractivity contribution is 0.0939. The first-order valence-corrected chi connectivity index (χ1v) is 6.10. The van der Waals surface area contributed by atoms with E-state index >= 15 is 0 Å². The van der Waals surface area contributed by atoms with Crippen LogP contribution in [0.5, 0.6) is 0 Å². The second-order valence-electron chi connectivity index (χ2n) is 4.56. The fourth-order valence-electron chi connectivity index (χ4n) is 1.52. The van der Waals surface area contributed by atoms with E-state index in [1.807, 2.05) is 13.8 Å². The molecule has 0 aliphatic heterocycles. The molecule has 0 aliphatic rings. The molecule has 0 bridgehead atoms. The highest BCUT2D eigenvalue weighted by atomic mass is 32.1. The van der Waals surface area contributed by atoms with E-state index in [4.69, 9.17) is 18.0 Å². The van der Waals surface area contributed by atoms with Gasteiger partial charge >= 0.3 is 0 Å². The summed E-state index contributed by atoms with van der Waals surface area (Å²) in [6, 6.07) is 3.96. The van der Waals surface area contributed by atoms with Gasteiger partial charge in [0.05, 0.1) is 11.0 Å². The summed E-state index contributed by atoms with van der Waals surface area (Å²) in [7, 11) is 0. The largest absolute Gasteiger partial charge is 0.392 e. The number of carbonyl (C=O) groups is 1. The molecular weight excluding hydrogens is 251 g/mol. The predicted octanol–water partition coefficient (Wildman–Crippen LogP) is 2.17. The van der Waals surface area contributed by atoms with E-state index < -0.39 is 11.9 Å². The molecule has 1 rings (SSSR count). The molecule has 1 unspecified atom stereocenters. The maximum Gasteiger partial charge on any atom is 0.251 e. The van der Waals surface area contributed by atoms with Crippen molar-refractivity contribution in [1.82, 2.24) is 5.32 Å². The molecule has 1 atom stereocenters. The Morgan fingerprint density at radius 2 is 2.06 bits per heavy atom. The van der Waals surface area contributed by atoms with Crippen LogP contribution in [0.25, 0.3) is 0 Å². The van der Waals surface area contributed by atoms with Crippen molar-refractivity contribution in [2.24, 2.45) is 11.7 Å². The van der Waals surface area contributed by atoms with Gasteiger partial charge in [-0.05, 0) is 30.5 Å². The molecule has 0 heterocycles. The topological polar surface area (TPSA) is 55.1 Å². The zero-order chi connectivity index (χ0) is 13.9. The van der Waals surface area contributed by atoms with Gasteiger partial charge in [-0.2, -0.15) is 0 Å². The number of carbonyl (C=O) groups excluding carboxylic acids is 1. The van der Waals surface area contributed by atoms with Crippen molar-refractivity contribution in [3.63, 3.8) is 0 Å². The summed E-state index contributed by atoms with van der Waals surface area (Å²) in [5, 5.41) is 2.71. The third kappa shape index (κ3) is 3.50. The molecule has 98 valence electrons. The molecule has 0 aromatic heterocycles. The van der Waals surface area contributed by atoms with Gasteiger partial charge in [-0.15, -0.1) is 0 Å². The minimum Gasteiger partial charge on any atom is -0.392 e. The summed E-state index contributed by atoms with van der Waals surface area (Å²) in [5.41, 5.74) is 6.33. The Morgan fingerprint density at radius 1 is 1.44 bits per heavy atom. The monoisotopic (exact) mass is 268 g/mol. The lowest BCUT2D eigenvalue weighted by Crippen LogP contribution is -2.46. The molecule has 0 saturated heterocycles. The van der Waals surface area contributed by atoms with E-state index in [1.165, 1.54) is 6.07 Å². The molecule has 0 spiro atoms. The number of halogens is 1. The van der Waals surface area contributed by atoms with E-state index in [9.17, 15) is 9.18 Å². The summed E-state index contributed by atoms with van der Waals surface area (Å²) in [5.74, 6) is -0.693. The highest BCUT2D eigenvalue weighted by Crippen LogP contribution is 2.10. The number of nitrogens with two attached hydrogens (primary N) is 1. The Labute approximate surface area is 112 Å². The zero-order valence-corrected chi connectivity index (χ0v) is 11.5. The third-order valence-corrected chi connectivity index (χ3v) is 2.95. The van der Waals surface area contributed by atoms with Gasteiger partial charge in [-0.25, -0.2) is 4.39 Å². The van der Waals surface area contributed by atoms with Crippen molar-refractivity contribution >= 4 is 23.1 Å². The fourth-order valence-corrected chi connectivity index (χ4v) is 1.86. The number of benzene rings is 1. The Bertz CT molecular complexity index is 474. The minimum atomic E-state index is -0.404. The first-order chi connectivity index (χ1) is 8.32. The van der Waals surface area contributed by atoms with Gasteiger partial charge < -0.3 is 11.1 Å². The van der Waals surface area contributed by atoms with Crippen LogP contribution in [0.2, 0.25) is 0 Å². The third-order valence-electron chi connectivity index (χ3n) is 2.69. The number of thiocarbonyl (C=S) groups is 1. The van der Waals surface area contributed by atoms with Crippen LogP contribution >= 0.6 is 12.2 Å². The molecule has 3 N–H and O–H groups in total. The van der Waals surface area contributed by atoms with Crippen LogP contribution in [-0.2, 0) is 0 Å². The van der Waals surface area contributed by atoms with Crippen molar-refractivity contribution in [2.75, 3.05) is 0 Å². The Hall–Kier alpha value is -1.49. The van der Waals surface area contributed by atoms with E-state index in [0.29, 0.717) is 5.56 Å². The van der Waals surface area contributed by atoms with Crippen LogP contribution in [0.3, 0.4) is 0 Å². The minimum absolute atomic E-state index is 0.0849. The van der Waals surface area contributed by atoms with E-state index in [1.54, 1.807) is 19.1 Å². The van der Waals surface area contributed by atoms with Crippen LogP contribution in [0.4, 0.5) is 4.39 Å². The van der Waals surface area contributed by atoms with Crippen molar-refractivity contribution in [3.8, 4) is 0 Å². The lowest BCUT2D eigenvalue weighted by atomic mass is 10.0. The van der Waals surface area contributed by atoms with Crippen LogP contribution in [-0.4, -0.2) is 16.9 Å². The van der Waals surface area contributed by atoms with Gasteiger partial charge in [-0.3, -0.25) is 4.79 Å². The molecule has 1 amide bonds. The van der Waals surface area contributed by atoms with Gasteiger partial charge in [0, 0.05) is 5.56 Å². The molecule has 0 radical (unpaired) electrons. The quantitative estimate of drug-likeness (QED) is 0.823. The Kier molecular flexibility index (Phi) is 4.78. The van der Waals surface area contributed by atoms with Crippen LogP contribution in [0, 0.1) is 18.7 Å². The molecule has 1 aromatic rings. The standard InChI is InChI=1S/C13H17FN2OS/c1-7(2)11(12(15)18)16-13(17)9-5-4-8(3)10(14)6-9/h4-7,11H,1-3H3,(H2,15,18)(H,16,17). The fraction of sp³-hybridized carbons (Fsp3) is 0.385. The Balaban J connectivity index is 2.87. The van der Waals surface area contributed by atoms with E-state index in [-0.39, 0.29) is 22.4 Å². The van der Waals surface area contributed by atoms with Crippen molar-refractivity contribution in [1.29, 1.82) is 0 Å². The molecule has 0 aliphatic carbocycles. The number of hydrogen-bond donors (Lipinski definition) is 2. The van der Waals surface area contributed by atoms with E-state index in [0.717, 1.165) is 0 Å². The second kappa shape index (κ2) is 5.91. The molecule has 5 heteroatoms. The SMILES string of the molecule is Cc1ccc(C(=O)NC(C(N)=S)C(C)C)cc1F. The smallest absolute Gasteiger partial charge is 0.251 e. The molecule has 18 heavy (non-hydrogen) atoms. The molecular formula is C13H17FN2OS. The number of aryl methyl sites for hydroxylation is 1. The average Bonchev–Trinajstić information content (AvgIpc) is 2.28. The highest BCUT2D eigenvalue weighted by Gasteiger charge is 2.19. The Morgan fingerprint density at radius 3 is 2.50 bits per heavy atom. The van der Waals surface area contributed by atoms with Gasteiger partial charge in [0.25, 0.3) is 5.91 Å². The first-order valence-electron chi connectivity index (χ1n) is 5.69. The van der Waals surface area contributed by atoms with Crippen molar-refractivity contribution in [3.05, 3.63) is 35.1 Å². The lowest BCUT2D eigenvalue weighted by Gasteiger charge is -2.21. The number of amides is 1. The van der Waals surface area contributed by atoms with E-state index in [2.05, 4.69) is 5.32 Å². The van der Waals surface area contributed by atoms with Crippen molar-refractivity contribution < 1.29 is 9.18 Å². The van der Waals surface area contributed by atoms with Crippen molar-refractivity contribution in [2.45, 2.75) is 26.8 Å². The maximum atomic E-state index is 13.4. The highest BCUT2D eigenvalue weighted by molar-refractivity contribution is 7.80. The van der Waals surface area contributed by atoms with Gasteiger partial charge in [0.1, 0.15) is 5.82 Å². The van der Waals surface area contributed by atoms with Gasteiger partial charge in [0.2, 0.25) is 0 Å². The summed E-state index contributed by atoms with van der Waals surface area (Å²) in [4.78, 5) is 12.2.